The third-order valence-corrected chi connectivity index (χ3v) is 2.27. The maximum atomic E-state index is 5.39. The number of hydrogen-bond donors (Lipinski definition) is 1. The fraction of sp³-hybridized carbons (Fsp3) is 0.909. The largest absolute Gasteiger partial charge is 0.381 e. The van der Waals surface area contributed by atoms with Gasteiger partial charge in [-0.3, -0.25) is 4.99 Å². The zero-order chi connectivity index (χ0) is 10.1. The first-order valence-electron chi connectivity index (χ1n) is 5.78. The Kier molecular flexibility index (Phi) is 6.41. The number of nitrogens with one attached hydrogen (secondary N) is 1. The maximum absolute atomic E-state index is 5.39. The lowest BCUT2D eigenvalue weighted by Crippen LogP contribution is -2.27. The predicted octanol–water partition coefficient (Wildman–Crippen LogP) is 1.98. The number of aliphatic imine (C=N–C) groups is 1. The van der Waals surface area contributed by atoms with Crippen LogP contribution in [0.5, 0.6) is 0 Å². The van der Waals surface area contributed by atoms with Crippen LogP contribution in [0.2, 0.25) is 0 Å². The summed E-state index contributed by atoms with van der Waals surface area (Å²) < 4.78 is 5.39. The Labute approximate surface area is 86.9 Å². The Morgan fingerprint density at radius 2 is 2.29 bits per heavy atom. The Hall–Kier alpha value is -0.570. The smallest absolute Gasteiger partial charge is 0.0963 e. The van der Waals surface area contributed by atoms with E-state index in [0.717, 1.165) is 45.6 Å². The first-order chi connectivity index (χ1) is 6.93. The molecule has 1 aliphatic heterocycles. The van der Waals surface area contributed by atoms with Gasteiger partial charge in [0.25, 0.3) is 0 Å². The van der Waals surface area contributed by atoms with Crippen LogP contribution in [-0.2, 0) is 4.74 Å². The lowest BCUT2D eigenvalue weighted by Gasteiger charge is -2.13. The van der Waals surface area contributed by atoms with Crippen LogP contribution in [0.15, 0.2) is 4.99 Å². The molecule has 0 atom stereocenters. The van der Waals surface area contributed by atoms with Gasteiger partial charge in [0, 0.05) is 32.7 Å². The van der Waals surface area contributed by atoms with Gasteiger partial charge in [-0.1, -0.05) is 6.92 Å². The van der Waals surface area contributed by atoms with Gasteiger partial charge in [-0.2, -0.15) is 0 Å². The summed E-state index contributed by atoms with van der Waals surface area (Å²) in [6.45, 7) is 5.90. The molecule has 0 amide bonds. The van der Waals surface area contributed by atoms with Crippen LogP contribution in [-0.4, -0.2) is 32.1 Å². The molecule has 1 aliphatic rings. The van der Waals surface area contributed by atoms with E-state index >= 15 is 0 Å². The van der Waals surface area contributed by atoms with E-state index in [2.05, 4.69) is 17.2 Å². The van der Waals surface area contributed by atoms with E-state index in [1.807, 2.05) is 0 Å². The molecule has 0 aliphatic carbocycles. The number of ether oxygens (including phenoxy) is 1. The highest BCUT2D eigenvalue weighted by molar-refractivity contribution is 5.82. The SMILES string of the molecule is CCCOCCCNC1=NCCCC1. The van der Waals surface area contributed by atoms with Gasteiger partial charge in [0.15, 0.2) is 0 Å². The molecule has 82 valence electrons. The average Bonchev–Trinajstić information content (AvgIpc) is 2.25. The van der Waals surface area contributed by atoms with Crippen molar-refractivity contribution in [3.05, 3.63) is 0 Å². The highest BCUT2D eigenvalue weighted by Gasteiger charge is 2.02. The van der Waals surface area contributed by atoms with Crippen molar-refractivity contribution in [3.8, 4) is 0 Å². The molecule has 3 nitrogen and oxygen atoms in total. The number of nitrogens with zero attached hydrogens (tertiary/aromatic N) is 1. The highest BCUT2D eigenvalue weighted by Crippen LogP contribution is 2.03. The Bertz CT molecular complexity index is 169. The molecular formula is C11H22N2O. The van der Waals surface area contributed by atoms with Gasteiger partial charge in [-0.25, -0.2) is 0 Å². The molecule has 0 unspecified atom stereocenters. The minimum atomic E-state index is 0.869. The topological polar surface area (TPSA) is 33.6 Å². The van der Waals surface area contributed by atoms with E-state index in [1.165, 1.54) is 18.7 Å². The van der Waals surface area contributed by atoms with Gasteiger partial charge < -0.3 is 10.1 Å². The van der Waals surface area contributed by atoms with Crippen LogP contribution in [0.1, 0.15) is 39.0 Å². The van der Waals surface area contributed by atoms with Crippen molar-refractivity contribution in [1.82, 2.24) is 5.32 Å². The monoisotopic (exact) mass is 198 g/mol. The van der Waals surface area contributed by atoms with E-state index in [1.54, 1.807) is 0 Å². The maximum Gasteiger partial charge on any atom is 0.0963 e. The molecule has 1 N–H and O–H groups in total. The second-order valence-electron chi connectivity index (χ2n) is 3.68. The quantitative estimate of drug-likeness (QED) is 0.662. The van der Waals surface area contributed by atoms with Gasteiger partial charge in [-0.15, -0.1) is 0 Å². The lowest BCUT2D eigenvalue weighted by molar-refractivity contribution is 0.133. The number of rotatable bonds is 6. The van der Waals surface area contributed by atoms with E-state index < -0.39 is 0 Å². The molecule has 14 heavy (non-hydrogen) atoms. The minimum Gasteiger partial charge on any atom is -0.381 e. The van der Waals surface area contributed by atoms with Crippen LogP contribution in [0.4, 0.5) is 0 Å². The zero-order valence-electron chi connectivity index (χ0n) is 9.22. The van der Waals surface area contributed by atoms with Crippen LogP contribution in [0.3, 0.4) is 0 Å². The molecule has 0 saturated carbocycles. The summed E-state index contributed by atoms with van der Waals surface area (Å²) in [5.74, 6) is 1.20. The molecule has 0 aromatic heterocycles. The molecule has 0 saturated heterocycles. The van der Waals surface area contributed by atoms with Gasteiger partial charge in [0.1, 0.15) is 0 Å². The van der Waals surface area contributed by atoms with Gasteiger partial charge in [0.05, 0.1) is 5.84 Å². The summed E-state index contributed by atoms with van der Waals surface area (Å²) in [6, 6.07) is 0. The molecule has 0 aromatic carbocycles. The van der Waals surface area contributed by atoms with Crippen LogP contribution in [0, 0.1) is 0 Å². The second kappa shape index (κ2) is 7.80. The first kappa shape index (κ1) is 11.5. The van der Waals surface area contributed by atoms with E-state index in [9.17, 15) is 0 Å². The van der Waals surface area contributed by atoms with Crippen molar-refractivity contribution in [1.29, 1.82) is 0 Å². The molecule has 0 radical (unpaired) electrons. The van der Waals surface area contributed by atoms with Crippen molar-refractivity contribution in [2.24, 2.45) is 4.99 Å². The first-order valence-corrected chi connectivity index (χ1v) is 5.78. The summed E-state index contributed by atoms with van der Waals surface area (Å²) >= 11 is 0. The van der Waals surface area contributed by atoms with Crippen molar-refractivity contribution in [3.63, 3.8) is 0 Å². The molecular weight excluding hydrogens is 176 g/mol. The standard InChI is InChI=1S/C11H22N2O/c1-2-9-14-10-5-8-13-11-6-3-4-7-12-11/h2-10H2,1H3,(H,12,13). The molecule has 1 rings (SSSR count). The molecule has 0 spiro atoms. The van der Waals surface area contributed by atoms with E-state index in [0.29, 0.717) is 0 Å². The third-order valence-electron chi connectivity index (χ3n) is 2.27. The second-order valence-corrected chi connectivity index (χ2v) is 3.68. The number of amidine groups is 1. The third kappa shape index (κ3) is 5.22. The normalized spacial score (nSPS) is 16.5. The highest BCUT2D eigenvalue weighted by atomic mass is 16.5. The Morgan fingerprint density at radius 1 is 1.36 bits per heavy atom. The molecule has 1 heterocycles. The predicted molar refractivity (Wildman–Crippen MR) is 59.9 cm³/mol. The Morgan fingerprint density at radius 3 is 3.00 bits per heavy atom. The Balaban J connectivity index is 1.90. The fourth-order valence-electron chi connectivity index (χ4n) is 1.49. The summed E-state index contributed by atoms with van der Waals surface area (Å²) in [5, 5.41) is 3.37. The fourth-order valence-corrected chi connectivity index (χ4v) is 1.49. The summed E-state index contributed by atoms with van der Waals surface area (Å²) in [5.41, 5.74) is 0. The van der Waals surface area contributed by atoms with Crippen molar-refractivity contribution in [2.75, 3.05) is 26.3 Å². The van der Waals surface area contributed by atoms with Gasteiger partial charge in [0.2, 0.25) is 0 Å². The van der Waals surface area contributed by atoms with Crippen molar-refractivity contribution < 1.29 is 4.74 Å². The minimum absolute atomic E-state index is 0.869. The molecule has 0 fully saturated rings. The van der Waals surface area contributed by atoms with Crippen LogP contribution in [0.25, 0.3) is 0 Å². The molecule has 0 bridgehead atoms. The van der Waals surface area contributed by atoms with Crippen LogP contribution >= 0.6 is 0 Å². The van der Waals surface area contributed by atoms with Gasteiger partial charge >= 0.3 is 0 Å². The van der Waals surface area contributed by atoms with Crippen LogP contribution < -0.4 is 5.32 Å². The molecule has 0 aromatic rings. The number of hydrogen-bond acceptors (Lipinski definition) is 3. The summed E-state index contributed by atoms with van der Waals surface area (Å²) in [6.07, 6.45) is 5.87. The lowest BCUT2D eigenvalue weighted by atomic mass is 10.2. The van der Waals surface area contributed by atoms with Crippen molar-refractivity contribution >= 4 is 5.84 Å². The van der Waals surface area contributed by atoms with E-state index in [-0.39, 0.29) is 0 Å². The summed E-state index contributed by atoms with van der Waals surface area (Å²) in [4.78, 5) is 4.43. The average molecular weight is 198 g/mol. The van der Waals surface area contributed by atoms with E-state index in [4.69, 9.17) is 4.74 Å². The summed E-state index contributed by atoms with van der Waals surface area (Å²) in [7, 11) is 0. The molecule has 3 heteroatoms. The van der Waals surface area contributed by atoms with Gasteiger partial charge in [-0.05, 0) is 25.7 Å². The zero-order valence-corrected chi connectivity index (χ0v) is 9.22. The van der Waals surface area contributed by atoms with Crippen molar-refractivity contribution in [2.45, 2.75) is 39.0 Å².